The van der Waals surface area contributed by atoms with Crippen LogP contribution in [-0.4, -0.2) is 28.5 Å². The fourth-order valence-corrected chi connectivity index (χ4v) is 2.32. The molecule has 0 bridgehead atoms. The summed E-state index contributed by atoms with van der Waals surface area (Å²) < 4.78 is 2.13. The number of aromatic nitrogens is 2. The number of hydrogen-bond donors (Lipinski definition) is 2. The number of hydrogen-bond acceptors (Lipinski definition) is 3. The van der Waals surface area contributed by atoms with E-state index in [-0.39, 0.29) is 11.8 Å². The van der Waals surface area contributed by atoms with Gasteiger partial charge in [-0.25, -0.2) is 4.98 Å². The van der Waals surface area contributed by atoms with Crippen molar-refractivity contribution in [3.63, 3.8) is 0 Å². The molecule has 2 aromatic rings. The van der Waals surface area contributed by atoms with Gasteiger partial charge in [-0.1, -0.05) is 19.1 Å². The lowest BCUT2D eigenvalue weighted by Crippen LogP contribution is -2.32. The van der Waals surface area contributed by atoms with Crippen LogP contribution in [0.25, 0.3) is 11.0 Å². The van der Waals surface area contributed by atoms with E-state index >= 15 is 0 Å². The van der Waals surface area contributed by atoms with Gasteiger partial charge in [0.15, 0.2) is 0 Å². The molecule has 0 radical (unpaired) electrons. The molecule has 108 valence electrons. The summed E-state index contributed by atoms with van der Waals surface area (Å²) in [6.45, 7) is 5.77. The predicted molar refractivity (Wildman–Crippen MR) is 80.3 cm³/mol. The summed E-state index contributed by atoms with van der Waals surface area (Å²) in [6, 6.07) is 8.03. The van der Waals surface area contributed by atoms with Crippen molar-refractivity contribution in [3.05, 3.63) is 30.1 Å². The Bertz CT molecular complexity index is 591. The van der Waals surface area contributed by atoms with E-state index in [2.05, 4.69) is 14.9 Å². The third kappa shape index (κ3) is 3.17. The number of aryl methyl sites for hydroxylation is 1. The van der Waals surface area contributed by atoms with Crippen molar-refractivity contribution in [1.29, 1.82) is 0 Å². The van der Waals surface area contributed by atoms with Crippen LogP contribution in [0.4, 0.5) is 0 Å². The Morgan fingerprint density at radius 3 is 2.95 bits per heavy atom. The molecule has 0 spiro atoms. The summed E-state index contributed by atoms with van der Waals surface area (Å²) in [5.74, 6) is 1.01. The van der Waals surface area contributed by atoms with Crippen molar-refractivity contribution in [3.8, 4) is 0 Å². The van der Waals surface area contributed by atoms with Gasteiger partial charge in [-0.05, 0) is 32.0 Å². The van der Waals surface area contributed by atoms with Crippen LogP contribution < -0.4 is 11.1 Å². The average molecular weight is 274 g/mol. The highest BCUT2D eigenvalue weighted by Crippen LogP contribution is 2.14. The normalized spacial score (nSPS) is 12.6. The van der Waals surface area contributed by atoms with Gasteiger partial charge < -0.3 is 15.6 Å². The fourth-order valence-electron chi connectivity index (χ4n) is 2.32. The lowest BCUT2D eigenvalue weighted by molar-refractivity contribution is -0.124. The topological polar surface area (TPSA) is 72.9 Å². The van der Waals surface area contributed by atoms with Crippen LogP contribution in [-0.2, 0) is 11.3 Å². The third-order valence-electron chi connectivity index (χ3n) is 3.53. The van der Waals surface area contributed by atoms with Crippen LogP contribution in [0.3, 0.4) is 0 Å². The van der Waals surface area contributed by atoms with Gasteiger partial charge in [-0.2, -0.15) is 0 Å². The molecule has 1 unspecified atom stereocenters. The van der Waals surface area contributed by atoms with Crippen molar-refractivity contribution >= 4 is 16.9 Å². The van der Waals surface area contributed by atoms with Crippen molar-refractivity contribution in [1.82, 2.24) is 14.9 Å². The minimum absolute atomic E-state index is 0.0272. The van der Waals surface area contributed by atoms with Crippen LogP contribution in [0.2, 0.25) is 0 Å². The number of nitrogens with zero attached hydrogens (tertiary/aromatic N) is 2. The molecular weight excluding hydrogens is 252 g/mol. The van der Waals surface area contributed by atoms with Gasteiger partial charge in [-0.15, -0.1) is 0 Å². The van der Waals surface area contributed by atoms with Gasteiger partial charge >= 0.3 is 0 Å². The summed E-state index contributed by atoms with van der Waals surface area (Å²) in [5.41, 5.74) is 7.56. The Kier molecular flexibility index (Phi) is 4.74. The Morgan fingerprint density at radius 1 is 1.45 bits per heavy atom. The van der Waals surface area contributed by atoms with E-state index in [9.17, 15) is 4.79 Å². The highest BCUT2D eigenvalue weighted by molar-refractivity contribution is 5.78. The number of rotatable bonds is 6. The van der Waals surface area contributed by atoms with E-state index in [1.54, 1.807) is 0 Å². The monoisotopic (exact) mass is 274 g/mol. The maximum atomic E-state index is 11.8. The molecule has 0 aliphatic carbocycles. The van der Waals surface area contributed by atoms with Gasteiger partial charge in [-0.3, -0.25) is 4.79 Å². The summed E-state index contributed by atoms with van der Waals surface area (Å²) in [7, 11) is 0. The molecule has 1 aromatic carbocycles. The van der Waals surface area contributed by atoms with Gasteiger partial charge in [0.05, 0.1) is 11.0 Å². The summed E-state index contributed by atoms with van der Waals surface area (Å²) in [4.78, 5) is 16.3. The molecule has 3 N–H and O–H groups in total. The van der Waals surface area contributed by atoms with E-state index in [4.69, 9.17) is 5.73 Å². The van der Waals surface area contributed by atoms with E-state index in [1.165, 1.54) is 0 Å². The van der Waals surface area contributed by atoms with Crippen molar-refractivity contribution < 1.29 is 4.79 Å². The number of fused-ring (bicyclic) bond motifs is 1. The Balaban J connectivity index is 1.96. The second kappa shape index (κ2) is 6.52. The first-order valence-corrected chi connectivity index (χ1v) is 7.03. The first-order chi connectivity index (χ1) is 9.63. The van der Waals surface area contributed by atoms with Gasteiger partial charge in [0, 0.05) is 19.0 Å². The zero-order valence-corrected chi connectivity index (χ0v) is 12.1. The van der Waals surface area contributed by atoms with E-state index in [0.717, 1.165) is 29.8 Å². The number of nitrogens with one attached hydrogen (secondary N) is 1. The standard InChI is InChI=1S/C15H22N4O/c1-11(7-8-16)15(20)17-9-10-19-12(2)18-13-5-3-4-6-14(13)19/h3-6,11H,7-10,16H2,1-2H3,(H,17,20). The van der Waals surface area contributed by atoms with Gasteiger partial charge in [0.25, 0.3) is 0 Å². The van der Waals surface area contributed by atoms with Crippen molar-refractivity contribution in [2.75, 3.05) is 13.1 Å². The number of nitrogens with two attached hydrogens (primary N) is 1. The smallest absolute Gasteiger partial charge is 0.222 e. The highest BCUT2D eigenvalue weighted by Gasteiger charge is 2.11. The lowest BCUT2D eigenvalue weighted by atomic mass is 10.1. The Labute approximate surface area is 119 Å². The Hall–Kier alpha value is -1.88. The van der Waals surface area contributed by atoms with E-state index < -0.39 is 0 Å². The minimum Gasteiger partial charge on any atom is -0.354 e. The second-order valence-electron chi connectivity index (χ2n) is 5.07. The average Bonchev–Trinajstić information content (AvgIpc) is 2.75. The zero-order chi connectivity index (χ0) is 14.5. The minimum atomic E-state index is -0.0272. The molecule has 1 atom stereocenters. The van der Waals surface area contributed by atoms with Crippen LogP contribution in [0.5, 0.6) is 0 Å². The van der Waals surface area contributed by atoms with Gasteiger partial charge in [0.2, 0.25) is 5.91 Å². The molecule has 20 heavy (non-hydrogen) atoms. The second-order valence-corrected chi connectivity index (χ2v) is 5.07. The maximum Gasteiger partial charge on any atom is 0.222 e. The van der Waals surface area contributed by atoms with E-state index in [1.807, 2.05) is 38.1 Å². The molecule has 0 saturated heterocycles. The number of benzene rings is 1. The molecule has 0 saturated carbocycles. The van der Waals surface area contributed by atoms with Crippen molar-refractivity contribution in [2.45, 2.75) is 26.8 Å². The molecule has 1 amide bonds. The molecule has 5 heteroatoms. The molecule has 2 rings (SSSR count). The lowest BCUT2D eigenvalue weighted by Gasteiger charge is -2.12. The molecule has 0 aliphatic heterocycles. The van der Waals surface area contributed by atoms with Crippen LogP contribution in [0, 0.1) is 12.8 Å². The molecular formula is C15H22N4O. The summed E-state index contributed by atoms with van der Waals surface area (Å²) in [5, 5.41) is 2.95. The number of carbonyl (C=O) groups is 1. The molecule has 5 nitrogen and oxygen atoms in total. The zero-order valence-electron chi connectivity index (χ0n) is 12.1. The fraction of sp³-hybridized carbons (Fsp3) is 0.467. The summed E-state index contributed by atoms with van der Waals surface area (Å²) >= 11 is 0. The SMILES string of the molecule is Cc1nc2ccccc2n1CCNC(=O)C(C)CCN. The maximum absolute atomic E-state index is 11.8. The Morgan fingerprint density at radius 2 is 2.20 bits per heavy atom. The quantitative estimate of drug-likeness (QED) is 0.837. The van der Waals surface area contributed by atoms with E-state index in [0.29, 0.717) is 13.1 Å². The highest BCUT2D eigenvalue weighted by atomic mass is 16.1. The largest absolute Gasteiger partial charge is 0.354 e. The molecule has 1 heterocycles. The predicted octanol–water partition coefficient (Wildman–Crippen LogP) is 1.45. The number of para-hydroxylation sites is 2. The van der Waals surface area contributed by atoms with Crippen molar-refractivity contribution in [2.24, 2.45) is 11.7 Å². The van der Waals surface area contributed by atoms with Crippen LogP contribution >= 0.6 is 0 Å². The summed E-state index contributed by atoms with van der Waals surface area (Å²) in [6.07, 6.45) is 0.721. The third-order valence-corrected chi connectivity index (χ3v) is 3.53. The van der Waals surface area contributed by atoms with Gasteiger partial charge in [0.1, 0.15) is 5.82 Å². The molecule has 0 aliphatic rings. The number of imidazole rings is 1. The molecule has 0 fully saturated rings. The first kappa shape index (κ1) is 14.5. The molecule has 1 aromatic heterocycles. The van der Waals surface area contributed by atoms with Crippen LogP contribution in [0.15, 0.2) is 24.3 Å². The first-order valence-electron chi connectivity index (χ1n) is 7.03. The van der Waals surface area contributed by atoms with Crippen LogP contribution in [0.1, 0.15) is 19.2 Å². The number of amides is 1. The number of carbonyl (C=O) groups excluding carboxylic acids is 1.